The van der Waals surface area contributed by atoms with Crippen LogP contribution in [-0.4, -0.2) is 29.7 Å². The van der Waals surface area contributed by atoms with E-state index in [1.54, 1.807) is 36.4 Å². The standard InChI is InChI=1S/C25H24F3N3OS/c1-16-18(15-31-12-5-6-13-31)10-7-11-19(16)23(29)30-24(32)21-14-20(17-8-3-2-4-9-17)22(33-21)25(26,27)28/h2-4,7-11,14H,5-6,12-13,15H2,1H3,(H2,29,30,32). The zero-order valence-corrected chi connectivity index (χ0v) is 18.9. The maximum atomic E-state index is 13.6. The van der Waals surface area contributed by atoms with Crippen LogP contribution in [0.4, 0.5) is 13.2 Å². The maximum absolute atomic E-state index is 13.6. The number of benzene rings is 2. The van der Waals surface area contributed by atoms with E-state index in [1.807, 2.05) is 19.1 Å². The highest BCUT2D eigenvalue weighted by molar-refractivity contribution is 7.14. The molecule has 0 atom stereocenters. The van der Waals surface area contributed by atoms with Gasteiger partial charge in [-0.25, -0.2) is 0 Å². The van der Waals surface area contributed by atoms with E-state index in [1.165, 1.54) is 18.9 Å². The SMILES string of the molecule is Cc1c(CN2CCCC2)cccc1C(=N)NC(=O)c1cc(-c2ccccc2)c(C(F)(F)F)s1. The van der Waals surface area contributed by atoms with Crippen molar-refractivity contribution >= 4 is 23.1 Å². The fourth-order valence-electron chi connectivity index (χ4n) is 4.10. The van der Waals surface area contributed by atoms with Crippen molar-refractivity contribution in [2.75, 3.05) is 13.1 Å². The summed E-state index contributed by atoms with van der Waals surface area (Å²) in [5.74, 6) is -0.842. The highest BCUT2D eigenvalue weighted by Crippen LogP contribution is 2.42. The average Bonchev–Trinajstić information content (AvgIpc) is 3.45. The second kappa shape index (κ2) is 9.49. The molecule has 1 amide bonds. The summed E-state index contributed by atoms with van der Waals surface area (Å²) >= 11 is 0.395. The largest absolute Gasteiger partial charge is 0.426 e. The van der Waals surface area contributed by atoms with E-state index in [0.29, 0.717) is 22.5 Å². The summed E-state index contributed by atoms with van der Waals surface area (Å²) < 4.78 is 40.9. The number of nitrogens with zero attached hydrogens (tertiary/aromatic N) is 1. The highest BCUT2D eigenvalue weighted by Gasteiger charge is 2.37. The Morgan fingerprint density at radius 1 is 1.09 bits per heavy atom. The Morgan fingerprint density at radius 3 is 2.45 bits per heavy atom. The molecule has 33 heavy (non-hydrogen) atoms. The third-order valence-corrected chi connectivity index (χ3v) is 7.02. The van der Waals surface area contributed by atoms with Crippen LogP contribution >= 0.6 is 11.3 Å². The van der Waals surface area contributed by atoms with Crippen LogP contribution in [0.2, 0.25) is 0 Å². The molecule has 3 aromatic rings. The van der Waals surface area contributed by atoms with Crippen LogP contribution in [-0.2, 0) is 12.7 Å². The Kier molecular flexibility index (Phi) is 6.67. The molecule has 0 saturated carbocycles. The van der Waals surface area contributed by atoms with E-state index < -0.39 is 17.0 Å². The summed E-state index contributed by atoms with van der Waals surface area (Å²) in [5.41, 5.74) is 2.89. The van der Waals surface area contributed by atoms with Gasteiger partial charge in [0.15, 0.2) is 0 Å². The molecule has 1 aliphatic heterocycles. The number of carbonyl (C=O) groups is 1. The van der Waals surface area contributed by atoms with Crippen molar-refractivity contribution in [2.45, 2.75) is 32.5 Å². The predicted molar refractivity (Wildman–Crippen MR) is 125 cm³/mol. The number of hydrogen-bond acceptors (Lipinski definition) is 4. The van der Waals surface area contributed by atoms with Gasteiger partial charge in [0.25, 0.3) is 5.91 Å². The Hall–Kier alpha value is -2.97. The van der Waals surface area contributed by atoms with E-state index in [0.717, 1.165) is 30.8 Å². The van der Waals surface area contributed by atoms with Crippen LogP contribution in [0, 0.1) is 12.3 Å². The number of hydrogen-bond donors (Lipinski definition) is 2. The molecule has 1 fully saturated rings. The topological polar surface area (TPSA) is 56.2 Å². The van der Waals surface area contributed by atoms with Gasteiger partial charge >= 0.3 is 6.18 Å². The number of likely N-dealkylation sites (tertiary alicyclic amines) is 1. The number of alkyl halides is 3. The summed E-state index contributed by atoms with van der Waals surface area (Å²) in [6, 6.07) is 15.0. The van der Waals surface area contributed by atoms with E-state index in [9.17, 15) is 18.0 Å². The van der Waals surface area contributed by atoms with Gasteiger partial charge in [0, 0.05) is 17.7 Å². The third-order valence-electron chi connectivity index (χ3n) is 5.84. The molecule has 0 aliphatic carbocycles. The molecule has 0 unspecified atom stereocenters. The fraction of sp³-hybridized carbons (Fsp3) is 0.280. The van der Waals surface area contributed by atoms with Gasteiger partial charge in [-0.15, -0.1) is 11.3 Å². The Labute approximate surface area is 194 Å². The van der Waals surface area contributed by atoms with Gasteiger partial charge in [-0.05, 0) is 55.6 Å². The van der Waals surface area contributed by atoms with E-state index in [-0.39, 0.29) is 16.3 Å². The molecule has 4 rings (SSSR count). The van der Waals surface area contributed by atoms with Crippen molar-refractivity contribution in [3.63, 3.8) is 0 Å². The van der Waals surface area contributed by atoms with E-state index in [4.69, 9.17) is 5.41 Å². The maximum Gasteiger partial charge on any atom is 0.426 e. The minimum absolute atomic E-state index is 0.0337. The molecule has 1 saturated heterocycles. The molecule has 0 spiro atoms. The molecule has 2 aromatic carbocycles. The second-order valence-corrected chi connectivity index (χ2v) is 9.17. The Balaban J connectivity index is 1.56. The number of carbonyl (C=O) groups excluding carboxylic acids is 1. The smallest absolute Gasteiger partial charge is 0.306 e. The number of nitrogens with one attached hydrogen (secondary N) is 2. The molecule has 172 valence electrons. The lowest BCUT2D eigenvalue weighted by atomic mass is 10.0. The van der Waals surface area contributed by atoms with Crippen molar-refractivity contribution < 1.29 is 18.0 Å². The summed E-state index contributed by atoms with van der Waals surface area (Å²) in [6.07, 6.45) is -2.23. The molecule has 2 N–H and O–H groups in total. The average molecular weight is 472 g/mol. The lowest BCUT2D eigenvalue weighted by molar-refractivity contribution is -0.133. The number of amides is 1. The van der Waals surface area contributed by atoms with Crippen LogP contribution in [0.25, 0.3) is 11.1 Å². The first-order chi connectivity index (χ1) is 15.7. The molecule has 0 radical (unpaired) electrons. The van der Waals surface area contributed by atoms with Gasteiger partial charge < -0.3 is 5.32 Å². The van der Waals surface area contributed by atoms with Crippen molar-refractivity contribution in [1.82, 2.24) is 10.2 Å². The van der Waals surface area contributed by atoms with Crippen LogP contribution in [0.5, 0.6) is 0 Å². The highest BCUT2D eigenvalue weighted by atomic mass is 32.1. The minimum Gasteiger partial charge on any atom is -0.306 e. The summed E-state index contributed by atoms with van der Waals surface area (Å²) in [6.45, 7) is 4.77. The zero-order chi connectivity index (χ0) is 23.6. The summed E-state index contributed by atoms with van der Waals surface area (Å²) in [5, 5.41) is 10.9. The molecule has 1 aromatic heterocycles. The molecule has 2 heterocycles. The van der Waals surface area contributed by atoms with Crippen molar-refractivity contribution in [3.8, 4) is 11.1 Å². The van der Waals surface area contributed by atoms with Crippen LogP contribution in [0.15, 0.2) is 54.6 Å². The quantitative estimate of drug-likeness (QED) is 0.349. The van der Waals surface area contributed by atoms with Gasteiger partial charge in [0.2, 0.25) is 0 Å². The molecular weight excluding hydrogens is 447 g/mol. The fourth-order valence-corrected chi connectivity index (χ4v) is 5.04. The molecule has 8 heteroatoms. The molecule has 4 nitrogen and oxygen atoms in total. The normalized spacial score (nSPS) is 14.4. The summed E-state index contributed by atoms with van der Waals surface area (Å²) in [7, 11) is 0. The van der Waals surface area contributed by atoms with Gasteiger partial charge in [-0.1, -0.05) is 48.5 Å². The zero-order valence-electron chi connectivity index (χ0n) is 18.1. The first-order valence-electron chi connectivity index (χ1n) is 10.7. The number of halogens is 3. The Morgan fingerprint density at radius 2 is 1.79 bits per heavy atom. The van der Waals surface area contributed by atoms with Gasteiger partial charge in [-0.2, -0.15) is 13.2 Å². The number of thiophene rings is 1. The van der Waals surface area contributed by atoms with Crippen LogP contribution < -0.4 is 5.32 Å². The van der Waals surface area contributed by atoms with Crippen molar-refractivity contribution in [2.24, 2.45) is 0 Å². The van der Waals surface area contributed by atoms with Gasteiger partial charge in [-0.3, -0.25) is 15.1 Å². The second-order valence-electron chi connectivity index (χ2n) is 8.12. The van der Waals surface area contributed by atoms with E-state index in [2.05, 4.69) is 10.2 Å². The van der Waals surface area contributed by atoms with Gasteiger partial charge in [0.05, 0.1) is 4.88 Å². The molecule has 0 bridgehead atoms. The lowest BCUT2D eigenvalue weighted by Gasteiger charge is -2.18. The molecular formula is C25H24F3N3OS. The third kappa shape index (κ3) is 5.17. The van der Waals surface area contributed by atoms with E-state index >= 15 is 0 Å². The number of rotatable bonds is 5. The van der Waals surface area contributed by atoms with Crippen molar-refractivity contribution in [3.05, 3.63) is 81.0 Å². The minimum atomic E-state index is -4.58. The lowest BCUT2D eigenvalue weighted by Crippen LogP contribution is -2.31. The van der Waals surface area contributed by atoms with Crippen molar-refractivity contribution in [1.29, 1.82) is 5.41 Å². The van der Waals surface area contributed by atoms with Crippen LogP contribution in [0.3, 0.4) is 0 Å². The molecule has 1 aliphatic rings. The van der Waals surface area contributed by atoms with Gasteiger partial charge in [0.1, 0.15) is 10.7 Å². The monoisotopic (exact) mass is 471 g/mol. The predicted octanol–water partition coefficient (Wildman–Crippen LogP) is 6.09. The number of amidine groups is 1. The van der Waals surface area contributed by atoms with Crippen LogP contribution in [0.1, 0.15) is 44.1 Å². The first kappa shape index (κ1) is 23.2. The Bertz CT molecular complexity index is 1170. The first-order valence-corrected chi connectivity index (χ1v) is 11.5. The summed E-state index contributed by atoms with van der Waals surface area (Å²) in [4.78, 5) is 14.2.